The highest BCUT2D eigenvalue weighted by atomic mass is 16.2. The van der Waals surface area contributed by atoms with Gasteiger partial charge in [0.05, 0.1) is 12.7 Å². The Balaban J connectivity index is 1.56. The van der Waals surface area contributed by atoms with Crippen molar-refractivity contribution >= 4 is 11.8 Å². The van der Waals surface area contributed by atoms with Gasteiger partial charge in [-0.05, 0) is 24.6 Å². The monoisotopic (exact) mass is 363 g/mol. The summed E-state index contributed by atoms with van der Waals surface area (Å²) in [5, 5.41) is 9.78. The van der Waals surface area contributed by atoms with Gasteiger partial charge in [0.25, 0.3) is 5.91 Å². The predicted octanol–water partition coefficient (Wildman–Crippen LogP) is 1.86. The Bertz CT molecular complexity index is 960. The van der Waals surface area contributed by atoms with Crippen molar-refractivity contribution in [2.75, 3.05) is 0 Å². The van der Waals surface area contributed by atoms with E-state index in [1.165, 1.54) is 0 Å². The van der Waals surface area contributed by atoms with Crippen LogP contribution in [-0.2, 0) is 24.4 Å². The minimum absolute atomic E-state index is 0.130. The second kappa shape index (κ2) is 7.11. The highest BCUT2D eigenvalue weighted by Crippen LogP contribution is 2.21. The number of aryl methyl sites for hydroxylation is 1. The van der Waals surface area contributed by atoms with E-state index < -0.39 is 6.04 Å². The first-order valence-corrected chi connectivity index (χ1v) is 8.90. The third-order valence-electron chi connectivity index (χ3n) is 4.94. The average molecular weight is 363 g/mol. The summed E-state index contributed by atoms with van der Waals surface area (Å²) in [6, 6.07) is 12.8. The molecule has 0 radical (unpaired) electrons. The number of aromatic amines is 1. The first kappa shape index (κ1) is 17.1. The number of fused-ring (bicyclic) bond motifs is 1. The maximum absolute atomic E-state index is 13.0. The Hall–Kier alpha value is -3.35. The smallest absolute Gasteiger partial charge is 0.271 e. The van der Waals surface area contributed by atoms with Crippen LogP contribution in [0.25, 0.3) is 0 Å². The second-order valence-corrected chi connectivity index (χ2v) is 6.72. The summed E-state index contributed by atoms with van der Waals surface area (Å²) in [5.74, 6) is -0.297. The SMILES string of the molecule is Cc1[nH]ncc1CNC(=O)C1Cn2cccc2C(=O)N1Cc1ccccc1. The third kappa shape index (κ3) is 3.36. The molecule has 0 aliphatic carbocycles. The molecule has 2 aromatic heterocycles. The van der Waals surface area contributed by atoms with Gasteiger partial charge in [-0.2, -0.15) is 5.10 Å². The number of carbonyl (C=O) groups is 2. The van der Waals surface area contributed by atoms with E-state index in [4.69, 9.17) is 0 Å². The first-order valence-electron chi connectivity index (χ1n) is 8.90. The van der Waals surface area contributed by atoms with Crippen molar-refractivity contribution in [3.05, 3.63) is 77.4 Å². The fourth-order valence-corrected chi connectivity index (χ4v) is 3.38. The van der Waals surface area contributed by atoms with Crippen LogP contribution in [0.2, 0.25) is 0 Å². The molecular formula is C20H21N5O2. The van der Waals surface area contributed by atoms with E-state index >= 15 is 0 Å². The quantitative estimate of drug-likeness (QED) is 0.726. The van der Waals surface area contributed by atoms with Gasteiger partial charge < -0.3 is 14.8 Å². The lowest BCUT2D eigenvalue weighted by molar-refractivity contribution is -0.126. The fourth-order valence-electron chi connectivity index (χ4n) is 3.38. The summed E-state index contributed by atoms with van der Waals surface area (Å²) in [5.41, 5.74) is 3.46. The zero-order valence-corrected chi connectivity index (χ0v) is 15.1. The lowest BCUT2D eigenvalue weighted by Crippen LogP contribution is -2.54. The second-order valence-electron chi connectivity index (χ2n) is 6.72. The lowest BCUT2D eigenvalue weighted by Gasteiger charge is -2.35. The van der Waals surface area contributed by atoms with Crippen LogP contribution in [0.4, 0.5) is 0 Å². The Kier molecular flexibility index (Phi) is 4.50. The summed E-state index contributed by atoms with van der Waals surface area (Å²) >= 11 is 0. The molecule has 3 heterocycles. The molecule has 1 aromatic carbocycles. The van der Waals surface area contributed by atoms with Crippen molar-refractivity contribution in [2.24, 2.45) is 0 Å². The maximum atomic E-state index is 13.0. The molecule has 7 nitrogen and oxygen atoms in total. The van der Waals surface area contributed by atoms with Gasteiger partial charge in [0.2, 0.25) is 5.91 Å². The molecule has 4 rings (SSSR count). The van der Waals surface area contributed by atoms with E-state index in [1.807, 2.05) is 54.1 Å². The predicted molar refractivity (Wildman–Crippen MR) is 99.7 cm³/mol. The molecule has 2 amide bonds. The molecule has 1 aliphatic rings. The Morgan fingerprint density at radius 3 is 2.81 bits per heavy atom. The van der Waals surface area contributed by atoms with Crippen molar-refractivity contribution < 1.29 is 9.59 Å². The zero-order valence-electron chi connectivity index (χ0n) is 15.1. The Labute approximate surface area is 157 Å². The van der Waals surface area contributed by atoms with Gasteiger partial charge in [0.1, 0.15) is 11.7 Å². The lowest BCUT2D eigenvalue weighted by atomic mass is 10.1. The number of carbonyl (C=O) groups excluding carboxylic acids is 2. The number of rotatable bonds is 5. The van der Waals surface area contributed by atoms with Crippen LogP contribution in [0.1, 0.15) is 27.3 Å². The van der Waals surface area contributed by atoms with Crippen LogP contribution >= 0.6 is 0 Å². The molecule has 0 spiro atoms. The van der Waals surface area contributed by atoms with Gasteiger partial charge in [-0.3, -0.25) is 14.7 Å². The third-order valence-corrected chi connectivity index (χ3v) is 4.94. The first-order chi connectivity index (χ1) is 13.1. The highest BCUT2D eigenvalue weighted by molar-refractivity contribution is 5.97. The zero-order chi connectivity index (χ0) is 18.8. The van der Waals surface area contributed by atoms with E-state index in [-0.39, 0.29) is 11.8 Å². The van der Waals surface area contributed by atoms with E-state index in [2.05, 4.69) is 15.5 Å². The van der Waals surface area contributed by atoms with Gasteiger partial charge in [-0.1, -0.05) is 30.3 Å². The van der Waals surface area contributed by atoms with Crippen LogP contribution in [0, 0.1) is 6.92 Å². The van der Waals surface area contributed by atoms with Gasteiger partial charge in [-0.25, -0.2) is 0 Å². The number of nitrogens with one attached hydrogen (secondary N) is 2. The summed E-state index contributed by atoms with van der Waals surface area (Å²) < 4.78 is 1.84. The molecule has 2 N–H and O–H groups in total. The number of H-pyrrole nitrogens is 1. The molecule has 0 saturated heterocycles. The van der Waals surface area contributed by atoms with E-state index in [1.54, 1.807) is 17.2 Å². The van der Waals surface area contributed by atoms with Crippen molar-refractivity contribution in [1.29, 1.82) is 0 Å². The van der Waals surface area contributed by atoms with Crippen molar-refractivity contribution in [2.45, 2.75) is 32.6 Å². The molecule has 27 heavy (non-hydrogen) atoms. The van der Waals surface area contributed by atoms with Crippen molar-refractivity contribution in [1.82, 2.24) is 25.0 Å². The van der Waals surface area contributed by atoms with Crippen LogP contribution in [0.3, 0.4) is 0 Å². The van der Waals surface area contributed by atoms with Crippen molar-refractivity contribution in [3.8, 4) is 0 Å². The molecule has 0 saturated carbocycles. The molecule has 0 bridgehead atoms. The topological polar surface area (TPSA) is 83.0 Å². The number of nitrogens with zero attached hydrogens (tertiary/aromatic N) is 3. The van der Waals surface area contributed by atoms with Crippen molar-refractivity contribution in [3.63, 3.8) is 0 Å². The van der Waals surface area contributed by atoms with Gasteiger partial charge in [0.15, 0.2) is 0 Å². The maximum Gasteiger partial charge on any atom is 0.271 e. The molecule has 7 heteroatoms. The molecule has 1 atom stereocenters. The highest BCUT2D eigenvalue weighted by Gasteiger charge is 2.36. The molecule has 138 valence electrons. The van der Waals surface area contributed by atoms with E-state index in [9.17, 15) is 9.59 Å². The number of amides is 2. The Morgan fingerprint density at radius 2 is 2.07 bits per heavy atom. The van der Waals surface area contributed by atoms with Gasteiger partial charge in [0, 0.05) is 30.5 Å². The minimum atomic E-state index is -0.565. The van der Waals surface area contributed by atoms with Crippen LogP contribution in [0.5, 0.6) is 0 Å². The van der Waals surface area contributed by atoms with Crippen LogP contribution in [0.15, 0.2) is 54.9 Å². The molecular weight excluding hydrogens is 342 g/mol. The minimum Gasteiger partial charge on any atom is -0.350 e. The van der Waals surface area contributed by atoms with Gasteiger partial charge in [-0.15, -0.1) is 0 Å². The largest absolute Gasteiger partial charge is 0.350 e. The summed E-state index contributed by atoms with van der Waals surface area (Å²) in [7, 11) is 0. The van der Waals surface area contributed by atoms with Gasteiger partial charge >= 0.3 is 0 Å². The standard InChI is InChI=1S/C20H21N5O2/c1-14-16(11-22-23-14)10-21-19(26)18-13-24-9-5-8-17(24)20(27)25(18)12-15-6-3-2-4-7-15/h2-9,11,18H,10,12-13H2,1H3,(H,21,26)(H,22,23). The normalized spacial score (nSPS) is 16.3. The van der Waals surface area contributed by atoms with E-state index in [0.29, 0.717) is 25.3 Å². The average Bonchev–Trinajstić information content (AvgIpc) is 3.31. The number of hydrogen-bond donors (Lipinski definition) is 2. The summed E-state index contributed by atoms with van der Waals surface area (Å²) in [4.78, 5) is 27.6. The number of hydrogen-bond acceptors (Lipinski definition) is 3. The fraction of sp³-hybridized carbons (Fsp3) is 0.250. The van der Waals surface area contributed by atoms with Crippen LogP contribution < -0.4 is 5.32 Å². The van der Waals surface area contributed by atoms with E-state index in [0.717, 1.165) is 16.8 Å². The molecule has 3 aromatic rings. The number of benzene rings is 1. The number of aromatic nitrogens is 3. The molecule has 1 aliphatic heterocycles. The Morgan fingerprint density at radius 1 is 1.26 bits per heavy atom. The molecule has 0 fully saturated rings. The summed E-state index contributed by atoms with van der Waals surface area (Å²) in [6.07, 6.45) is 3.54. The van der Waals surface area contributed by atoms with Crippen LogP contribution in [-0.4, -0.2) is 37.5 Å². The molecule has 1 unspecified atom stereocenters. The summed E-state index contributed by atoms with van der Waals surface area (Å²) in [6.45, 7) is 3.13.